The fourth-order valence-electron chi connectivity index (χ4n) is 2.68. The predicted octanol–water partition coefficient (Wildman–Crippen LogP) is 2.95. The van der Waals surface area contributed by atoms with Gasteiger partial charge in [0.2, 0.25) is 5.88 Å². The van der Waals surface area contributed by atoms with Crippen molar-refractivity contribution in [2.24, 2.45) is 4.99 Å². The second kappa shape index (κ2) is 9.91. The van der Waals surface area contributed by atoms with Gasteiger partial charge < -0.3 is 15.0 Å². The lowest BCUT2D eigenvalue weighted by molar-refractivity contribution is 0.205. The summed E-state index contributed by atoms with van der Waals surface area (Å²) < 4.78 is 5.94. The maximum absolute atomic E-state index is 5.94. The van der Waals surface area contributed by atoms with Gasteiger partial charge in [-0.05, 0) is 12.5 Å². The van der Waals surface area contributed by atoms with Crippen molar-refractivity contribution < 1.29 is 4.74 Å². The summed E-state index contributed by atoms with van der Waals surface area (Å²) in [6.45, 7) is 4.60. The number of ether oxygens (including phenoxy) is 1. The fourth-order valence-corrected chi connectivity index (χ4v) is 3.49. The van der Waals surface area contributed by atoms with Gasteiger partial charge in [-0.3, -0.25) is 4.99 Å². The maximum Gasteiger partial charge on any atom is 0.213 e. The van der Waals surface area contributed by atoms with Crippen molar-refractivity contribution in [2.75, 3.05) is 20.1 Å². The third-order valence-corrected chi connectivity index (χ3v) is 5.07. The molecule has 0 bridgehead atoms. The van der Waals surface area contributed by atoms with E-state index in [4.69, 9.17) is 4.74 Å². The number of aliphatic imine (C=N–C) groups is 1. The number of likely N-dealkylation sites (tertiary alicyclic amines) is 1. The number of rotatable bonds is 5. The van der Waals surface area contributed by atoms with Crippen molar-refractivity contribution in [2.45, 2.75) is 32.4 Å². The van der Waals surface area contributed by atoms with E-state index in [0.29, 0.717) is 12.4 Å². The highest BCUT2D eigenvalue weighted by Gasteiger charge is 2.26. The standard InChI is InChI=1S/C17H23N5OS.HI/c1-3-14-10-20-16(24-14)11-21-17(18-2)22-9-7-13(12-22)23-15-6-4-5-8-19-15;/h4-6,8,10,13H,3,7,9,11-12H2,1-2H3,(H,18,21);1H. The van der Waals surface area contributed by atoms with Crippen molar-refractivity contribution in [1.82, 2.24) is 20.2 Å². The highest BCUT2D eigenvalue weighted by atomic mass is 127. The first kappa shape index (κ1) is 19.9. The molecule has 3 rings (SSSR count). The molecule has 1 unspecified atom stereocenters. The topological polar surface area (TPSA) is 62.6 Å². The smallest absolute Gasteiger partial charge is 0.213 e. The summed E-state index contributed by atoms with van der Waals surface area (Å²) in [5, 5.41) is 4.49. The van der Waals surface area contributed by atoms with Crippen LogP contribution in [-0.4, -0.2) is 47.1 Å². The Balaban J connectivity index is 0.00000225. The number of hydrogen-bond donors (Lipinski definition) is 1. The van der Waals surface area contributed by atoms with E-state index in [2.05, 4.69) is 32.1 Å². The number of aromatic nitrogens is 2. The maximum atomic E-state index is 5.94. The first-order valence-electron chi connectivity index (χ1n) is 8.25. The Hall–Kier alpha value is -1.42. The van der Waals surface area contributed by atoms with Gasteiger partial charge in [-0.1, -0.05) is 13.0 Å². The van der Waals surface area contributed by atoms with E-state index in [0.717, 1.165) is 36.9 Å². The summed E-state index contributed by atoms with van der Waals surface area (Å²) in [5.74, 6) is 1.58. The molecule has 1 N–H and O–H groups in total. The molecular weight excluding hydrogens is 449 g/mol. The summed E-state index contributed by atoms with van der Waals surface area (Å²) in [4.78, 5) is 16.6. The van der Waals surface area contributed by atoms with Crippen molar-refractivity contribution in [3.63, 3.8) is 0 Å². The molecule has 3 heterocycles. The van der Waals surface area contributed by atoms with Crippen molar-refractivity contribution in [3.05, 3.63) is 40.5 Å². The van der Waals surface area contributed by atoms with Crippen LogP contribution < -0.4 is 10.1 Å². The summed E-state index contributed by atoms with van der Waals surface area (Å²) in [6.07, 6.45) is 5.85. The quantitative estimate of drug-likeness (QED) is 0.411. The average Bonchev–Trinajstić information content (AvgIpc) is 3.26. The average molecular weight is 473 g/mol. The van der Waals surface area contributed by atoms with E-state index in [1.165, 1.54) is 4.88 Å². The number of thiazole rings is 1. The van der Waals surface area contributed by atoms with Gasteiger partial charge in [-0.25, -0.2) is 9.97 Å². The molecule has 1 aliphatic heterocycles. The van der Waals surface area contributed by atoms with Crippen molar-refractivity contribution >= 4 is 41.3 Å². The third kappa shape index (κ3) is 5.53. The van der Waals surface area contributed by atoms with Gasteiger partial charge in [0.05, 0.1) is 13.1 Å². The SMILES string of the molecule is CCc1cnc(CNC(=NC)N2CCC(Oc3ccccn3)C2)s1.I. The van der Waals surface area contributed by atoms with Crippen LogP contribution >= 0.6 is 35.3 Å². The number of nitrogens with one attached hydrogen (secondary N) is 1. The second-order valence-electron chi connectivity index (χ2n) is 5.62. The lowest BCUT2D eigenvalue weighted by Crippen LogP contribution is -2.40. The van der Waals surface area contributed by atoms with E-state index in [1.54, 1.807) is 17.5 Å². The normalized spacial score (nSPS) is 17.3. The monoisotopic (exact) mass is 473 g/mol. The molecule has 0 aromatic carbocycles. The minimum atomic E-state index is 0. The highest BCUT2D eigenvalue weighted by Crippen LogP contribution is 2.17. The zero-order chi connectivity index (χ0) is 16.8. The molecule has 1 atom stereocenters. The molecule has 0 aliphatic carbocycles. The first-order chi connectivity index (χ1) is 11.8. The van der Waals surface area contributed by atoms with Crippen LogP contribution in [-0.2, 0) is 13.0 Å². The molecule has 1 saturated heterocycles. The molecule has 25 heavy (non-hydrogen) atoms. The van der Waals surface area contributed by atoms with Crippen LogP contribution in [0.5, 0.6) is 5.88 Å². The molecule has 1 aliphatic rings. The van der Waals surface area contributed by atoms with Crippen LogP contribution in [0.15, 0.2) is 35.6 Å². The van der Waals surface area contributed by atoms with Gasteiger partial charge >= 0.3 is 0 Å². The van der Waals surface area contributed by atoms with Gasteiger partial charge in [0.1, 0.15) is 11.1 Å². The Bertz CT molecular complexity index is 679. The molecule has 0 radical (unpaired) electrons. The first-order valence-corrected chi connectivity index (χ1v) is 9.07. The molecular formula is C17H24IN5OS. The number of pyridine rings is 1. The zero-order valence-electron chi connectivity index (χ0n) is 14.5. The van der Waals surface area contributed by atoms with Crippen molar-refractivity contribution in [1.29, 1.82) is 0 Å². The lowest BCUT2D eigenvalue weighted by Gasteiger charge is -2.21. The van der Waals surface area contributed by atoms with Crippen LogP contribution in [0.2, 0.25) is 0 Å². The predicted molar refractivity (Wildman–Crippen MR) is 112 cm³/mol. The van der Waals surface area contributed by atoms with E-state index in [9.17, 15) is 0 Å². The van der Waals surface area contributed by atoms with Gasteiger partial charge in [-0.2, -0.15) is 0 Å². The molecule has 6 nitrogen and oxygen atoms in total. The Labute approximate surface area is 169 Å². The molecule has 1 fully saturated rings. The summed E-state index contributed by atoms with van der Waals surface area (Å²) in [7, 11) is 1.81. The number of hydrogen-bond acceptors (Lipinski definition) is 5. The largest absolute Gasteiger partial charge is 0.472 e. The van der Waals surface area contributed by atoms with Crippen LogP contribution in [0, 0.1) is 0 Å². The fraction of sp³-hybridized carbons (Fsp3) is 0.471. The molecule has 136 valence electrons. The Morgan fingerprint density at radius 3 is 3.00 bits per heavy atom. The number of nitrogens with zero attached hydrogens (tertiary/aromatic N) is 4. The van der Waals surface area contributed by atoms with Crippen LogP contribution in [0.3, 0.4) is 0 Å². The second-order valence-corrected chi connectivity index (χ2v) is 6.82. The van der Waals surface area contributed by atoms with Crippen LogP contribution in [0.1, 0.15) is 23.2 Å². The summed E-state index contributed by atoms with van der Waals surface area (Å²) in [5.41, 5.74) is 0. The van der Waals surface area contributed by atoms with Crippen LogP contribution in [0.25, 0.3) is 0 Å². The summed E-state index contributed by atoms with van der Waals surface area (Å²) in [6, 6.07) is 5.72. The minimum Gasteiger partial charge on any atom is -0.472 e. The molecule has 8 heteroatoms. The van der Waals surface area contributed by atoms with Gasteiger partial charge in [0.25, 0.3) is 0 Å². The lowest BCUT2D eigenvalue weighted by atomic mass is 10.3. The molecule has 2 aromatic heterocycles. The molecule has 0 amide bonds. The van der Waals surface area contributed by atoms with E-state index in [-0.39, 0.29) is 30.1 Å². The van der Waals surface area contributed by atoms with Crippen molar-refractivity contribution in [3.8, 4) is 5.88 Å². The third-order valence-electron chi connectivity index (χ3n) is 3.93. The van der Waals surface area contributed by atoms with Gasteiger partial charge in [0.15, 0.2) is 5.96 Å². The van der Waals surface area contributed by atoms with E-state index in [1.807, 2.05) is 31.4 Å². The summed E-state index contributed by atoms with van der Waals surface area (Å²) >= 11 is 1.75. The number of halogens is 1. The Morgan fingerprint density at radius 1 is 1.44 bits per heavy atom. The Kier molecular flexibility index (Phi) is 7.89. The molecule has 0 saturated carbocycles. The zero-order valence-corrected chi connectivity index (χ0v) is 17.7. The Morgan fingerprint density at radius 2 is 2.32 bits per heavy atom. The highest BCUT2D eigenvalue weighted by molar-refractivity contribution is 14.0. The number of aryl methyl sites for hydroxylation is 1. The van der Waals surface area contributed by atoms with Gasteiger partial charge in [0, 0.05) is 43.4 Å². The minimum absolute atomic E-state index is 0. The van der Waals surface area contributed by atoms with E-state index >= 15 is 0 Å². The number of guanidine groups is 1. The molecule has 2 aromatic rings. The van der Waals surface area contributed by atoms with E-state index < -0.39 is 0 Å². The van der Waals surface area contributed by atoms with Gasteiger partial charge in [-0.15, -0.1) is 35.3 Å². The molecule has 0 spiro atoms. The van der Waals surface area contributed by atoms with Crippen LogP contribution in [0.4, 0.5) is 0 Å².